The van der Waals surface area contributed by atoms with Crippen molar-refractivity contribution < 1.29 is 4.42 Å². The Labute approximate surface area is 83.7 Å². The van der Waals surface area contributed by atoms with Crippen LogP contribution in [0.25, 0.3) is 0 Å². The Kier molecular flexibility index (Phi) is 4.76. The Morgan fingerprint density at radius 3 is 2.93 bits per heavy atom. The minimum Gasteiger partial charge on any atom is -0.449 e. The van der Waals surface area contributed by atoms with Gasteiger partial charge in [0.05, 0.1) is 6.54 Å². The summed E-state index contributed by atoms with van der Waals surface area (Å²) in [5, 5.41) is 11.7. The highest BCUT2D eigenvalue weighted by Gasteiger charge is 1.99. The molecule has 1 heterocycles. The Morgan fingerprint density at radius 1 is 1.43 bits per heavy atom. The first-order valence-corrected chi connectivity index (χ1v) is 4.76. The van der Waals surface area contributed by atoms with E-state index in [4.69, 9.17) is 15.4 Å². The van der Waals surface area contributed by atoms with E-state index in [0.717, 1.165) is 31.7 Å². The second kappa shape index (κ2) is 6.19. The summed E-state index contributed by atoms with van der Waals surface area (Å²) in [4.78, 5) is 0. The lowest BCUT2D eigenvalue weighted by atomic mass is 10.3. The van der Waals surface area contributed by atoms with Gasteiger partial charge in [-0.15, -0.1) is 0 Å². The van der Waals surface area contributed by atoms with Crippen molar-refractivity contribution in [2.24, 2.45) is 5.73 Å². The number of nitrogens with zero attached hydrogens (tertiary/aromatic N) is 1. The van der Waals surface area contributed by atoms with Gasteiger partial charge in [-0.05, 0) is 38.1 Å². The van der Waals surface area contributed by atoms with Crippen LogP contribution in [0.2, 0.25) is 0 Å². The third-order valence-corrected chi connectivity index (χ3v) is 1.88. The number of hydrogen-bond donors (Lipinski definition) is 2. The molecule has 0 amide bonds. The third-order valence-electron chi connectivity index (χ3n) is 1.88. The highest BCUT2D eigenvalue weighted by Crippen LogP contribution is 2.05. The molecule has 0 unspecified atom stereocenters. The van der Waals surface area contributed by atoms with Crippen LogP contribution in [0.1, 0.15) is 24.4 Å². The fraction of sp³-hybridized carbons (Fsp3) is 0.500. The normalized spacial score (nSPS) is 10.0. The predicted octanol–water partition coefficient (Wildman–Crippen LogP) is 0.980. The lowest BCUT2D eigenvalue weighted by Crippen LogP contribution is -2.15. The van der Waals surface area contributed by atoms with Crippen molar-refractivity contribution in [3.8, 4) is 6.07 Å². The number of nitrogens with two attached hydrogens (primary N) is 1. The van der Waals surface area contributed by atoms with Gasteiger partial charge in [-0.1, -0.05) is 0 Å². The number of nitriles is 1. The van der Waals surface area contributed by atoms with Crippen LogP contribution in [-0.4, -0.2) is 13.1 Å². The lowest BCUT2D eigenvalue weighted by molar-refractivity contribution is 0.471. The van der Waals surface area contributed by atoms with E-state index >= 15 is 0 Å². The molecule has 0 aliphatic rings. The van der Waals surface area contributed by atoms with Crippen LogP contribution >= 0.6 is 0 Å². The second-order valence-corrected chi connectivity index (χ2v) is 3.05. The highest BCUT2D eigenvalue weighted by atomic mass is 16.3. The van der Waals surface area contributed by atoms with Crippen LogP contribution in [0.3, 0.4) is 0 Å². The lowest BCUT2D eigenvalue weighted by Gasteiger charge is -2.00. The van der Waals surface area contributed by atoms with Crippen molar-refractivity contribution in [1.82, 2.24) is 5.32 Å². The van der Waals surface area contributed by atoms with Crippen LogP contribution in [0.5, 0.6) is 0 Å². The summed E-state index contributed by atoms with van der Waals surface area (Å²) in [6.07, 6.45) is 2.11. The van der Waals surface area contributed by atoms with Crippen LogP contribution in [0, 0.1) is 11.3 Å². The molecule has 76 valence electrons. The van der Waals surface area contributed by atoms with E-state index in [2.05, 4.69) is 5.32 Å². The van der Waals surface area contributed by atoms with E-state index in [0.29, 0.717) is 12.3 Å². The van der Waals surface area contributed by atoms with E-state index in [1.54, 1.807) is 6.07 Å². The minimum atomic E-state index is 0.365. The molecular weight excluding hydrogens is 178 g/mol. The van der Waals surface area contributed by atoms with Crippen molar-refractivity contribution in [2.75, 3.05) is 13.1 Å². The first kappa shape index (κ1) is 10.8. The zero-order valence-corrected chi connectivity index (χ0v) is 8.12. The number of rotatable bonds is 6. The van der Waals surface area contributed by atoms with Gasteiger partial charge >= 0.3 is 0 Å². The SMILES string of the molecule is N#Cc1ccc(CNCCCCN)o1. The fourth-order valence-electron chi connectivity index (χ4n) is 1.14. The average molecular weight is 193 g/mol. The molecule has 0 aliphatic heterocycles. The largest absolute Gasteiger partial charge is 0.449 e. The van der Waals surface area contributed by atoms with Gasteiger partial charge in [0.1, 0.15) is 11.8 Å². The summed E-state index contributed by atoms with van der Waals surface area (Å²) < 4.78 is 5.19. The first-order valence-electron chi connectivity index (χ1n) is 4.76. The molecule has 0 aromatic carbocycles. The van der Waals surface area contributed by atoms with E-state index in [9.17, 15) is 0 Å². The fourth-order valence-corrected chi connectivity index (χ4v) is 1.14. The van der Waals surface area contributed by atoms with Crippen molar-refractivity contribution in [1.29, 1.82) is 5.26 Å². The zero-order valence-electron chi connectivity index (χ0n) is 8.12. The number of nitrogens with one attached hydrogen (secondary N) is 1. The van der Waals surface area contributed by atoms with Crippen LogP contribution in [0.15, 0.2) is 16.5 Å². The van der Waals surface area contributed by atoms with Crippen molar-refractivity contribution in [2.45, 2.75) is 19.4 Å². The van der Waals surface area contributed by atoms with Crippen LogP contribution in [-0.2, 0) is 6.54 Å². The topological polar surface area (TPSA) is 75.0 Å². The molecule has 0 atom stereocenters. The maximum atomic E-state index is 8.51. The minimum absolute atomic E-state index is 0.365. The Balaban J connectivity index is 2.16. The standard InChI is InChI=1S/C10H15N3O/c11-5-1-2-6-13-8-10-4-3-9(7-12)14-10/h3-4,13H,1-2,5-6,8,11H2. The smallest absolute Gasteiger partial charge is 0.203 e. The Bertz CT molecular complexity index is 301. The summed E-state index contributed by atoms with van der Waals surface area (Å²) in [5.41, 5.74) is 5.36. The first-order chi connectivity index (χ1) is 6.86. The molecule has 0 fully saturated rings. The molecule has 0 saturated heterocycles. The van der Waals surface area contributed by atoms with Gasteiger partial charge < -0.3 is 15.5 Å². The van der Waals surface area contributed by atoms with Gasteiger partial charge in [-0.25, -0.2) is 0 Å². The summed E-state index contributed by atoms with van der Waals surface area (Å²) in [7, 11) is 0. The molecule has 0 radical (unpaired) electrons. The molecular formula is C10H15N3O. The van der Waals surface area contributed by atoms with Crippen LogP contribution in [0.4, 0.5) is 0 Å². The number of unbranched alkanes of at least 4 members (excludes halogenated alkanes) is 1. The average Bonchev–Trinajstić information content (AvgIpc) is 2.65. The zero-order chi connectivity index (χ0) is 10.2. The van der Waals surface area contributed by atoms with E-state index in [-0.39, 0.29) is 0 Å². The van der Waals surface area contributed by atoms with E-state index in [1.165, 1.54) is 0 Å². The van der Waals surface area contributed by atoms with E-state index in [1.807, 2.05) is 12.1 Å². The predicted molar refractivity (Wildman–Crippen MR) is 53.4 cm³/mol. The molecule has 14 heavy (non-hydrogen) atoms. The maximum Gasteiger partial charge on any atom is 0.203 e. The van der Waals surface area contributed by atoms with Crippen molar-refractivity contribution >= 4 is 0 Å². The molecule has 1 aromatic heterocycles. The highest BCUT2D eigenvalue weighted by molar-refractivity contribution is 5.18. The monoisotopic (exact) mass is 193 g/mol. The van der Waals surface area contributed by atoms with Gasteiger partial charge in [-0.3, -0.25) is 0 Å². The van der Waals surface area contributed by atoms with Crippen molar-refractivity contribution in [3.63, 3.8) is 0 Å². The summed E-state index contributed by atoms with van der Waals surface area (Å²) in [6.45, 7) is 2.34. The number of furan rings is 1. The molecule has 4 nitrogen and oxygen atoms in total. The van der Waals surface area contributed by atoms with Gasteiger partial charge in [0.2, 0.25) is 5.76 Å². The van der Waals surface area contributed by atoms with Gasteiger partial charge in [0.25, 0.3) is 0 Å². The van der Waals surface area contributed by atoms with Crippen LogP contribution < -0.4 is 11.1 Å². The molecule has 0 bridgehead atoms. The molecule has 1 aromatic rings. The molecule has 0 aliphatic carbocycles. The molecule has 4 heteroatoms. The Morgan fingerprint density at radius 2 is 2.29 bits per heavy atom. The van der Waals surface area contributed by atoms with Gasteiger partial charge in [-0.2, -0.15) is 5.26 Å². The third kappa shape index (κ3) is 3.60. The molecule has 0 saturated carbocycles. The van der Waals surface area contributed by atoms with Gasteiger partial charge in [0, 0.05) is 0 Å². The molecule has 0 spiro atoms. The molecule has 3 N–H and O–H groups in total. The van der Waals surface area contributed by atoms with Crippen molar-refractivity contribution in [3.05, 3.63) is 23.7 Å². The Hall–Kier alpha value is -1.31. The summed E-state index contributed by atoms with van der Waals surface area (Å²) >= 11 is 0. The molecule has 1 rings (SSSR count). The summed E-state index contributed by atoms with van der Waals surface area (Å²) in [5.74, 6) is 1.16. The number of hydrogen-bond acceptors (Lipinski definition) is 4. The van der Waals surface area contributed by atoms with E-state index < -0.39 is 0 Å². The summed E-state index contributed by atoms with van der Waals surface area (Å²) in [6, 6.07) is 5.44. The van der Waals surface area contributed by atoms with Gasteiger partial charge in [0.15, 0.2) is 0 Å². The second-order valence-electron chi connectivity index (χ2n) is 3.05. The quantitative estimate of drug-likeness (QED) is 0.660. The maximum absolute atomic E-state index is 8.51.